The number of carbonyl (C=O) groups is 2. The molecule has 0 heterocycles. The third-order valence-electron chi connectivity index (χ3n) is 4.53. The molecule has 0 saturated heterocycles. The maximum absolute atomic E-state index is 13.1. The van der Waals surface area contributed by atoms with E-state index in [-0.39, 0.29) is 24.0 Å². The van der Waals surface area contributed by atoms with Gasteiger partial charge in [0.25, 0.3) is 5.91 Å². The maximum Gasteiger partial charge on any atom is 0.261 e. The van der Waals surface area contributed by atoms with Crippen molar-refractivity contribution >= 4 is 23.4 Å². The van der Waals surface area contributed by atoms with Gasteiger partial charge in [-0.1, -0.05) is 48.4 Å². The molecule has 0 aliphatic heterocycles. The third-order valence-corrected chi connectivity index (χ3v) is 4.79. The fraction of sp³-hybridized carbons (Fsp3) is 0.417. The Morgan fingerprint density at radius 1 is 1.07 bits per heavy atom. The number of hydrogen-bond acceptors (Lipinski definition) is 3. The minimum Gasteiger partial charge on any atom is -0.484 e. The summed E-state index contributed by atoms with van der Waals surface area (Å²) in [6.45, 7) is 9.86. The lowest BCUT2D eigenvalue weighted by Gasteiger charge is -2.33. The molecule has 0 aliphatic carbocycles. The molecule has 2 rings (SSSR count). The largest absolute Gasteiger partial charge is 0.484 e. The van der Waals surface area contributed by atoms with E-state index in [1.165, 1.54) is 0 Å². The molecule has 0 aromatic heterocycles. The number of halogens is 1. The Balaban J connectivity index is 2.21. The summed E-state index contributed by atoms with van der Waals surface area (Å²) >= 11 is 5.90. The van der Waals surface area contributed by atoms with Crippen molar-refractivity contribution in [2.24, 2.45) is 0 Å². The highest BCUT2D eigenvalue weighted by molar-refractivity contribution is 6.30. The number of carbonyl (C=O) groups excluding carboxylic acids is 2. The first-order chi connectivity index (χ1) is 14.1. The van der Waals surface area contributed by atoms with E-state index in [1.807, 2.05) is 58.9 Å². The van der Waals surface area contributed by atoms with Crippen molar-refractivity contribution < 1.29 is 14.3 Å². The van der Waals surface area contributed by atoms with E-state index in [0.29, 0.717) is 23.7 Å². The van der Waals surface area contributed by atoms with Crippen LogP contribution in [0, 0.1) is 6.92 Å². The maximum atomic E-state index is 13.1. The Kier molecular flexibility index (Phi) is 8.30. The predicted octanol–water partition coefficient (Wildman–Crippen LogP) is 4.75. The highest BCUT2D eigenvalue weighted by Crippen LogP contribution is 2.18. The fourth-order valence-corrected chi connectivity index (χ4v) is 3.15. The van der Waals surface area contributed by atoms with Crippen LogP contribution < -0.4 is 10.1 Å². The van der Waals surface area contributed by atoms with Gasteiger partial charge in [0, 0.05) is 17.1 Å². The smallest absolute Gasteiger partial charge is 0.261 e. The van der Waals surface area contributed by atoms with E-state index in [2.05, 4.69) is 5.32 Å². The molecule has 5 nitrogen and oxygen atoms in total. The molecular formula is C24H31ClN2O3. The zero-order valence-corrected chi connectivity index (χ0v) is 19.1. The summed E-state index contributed by atoms with van der Waals surface area (Å²) in [7, 11) is 0. The van der Waals surface area contributed by atoms with Gasteiger partial charge in [-0.3, -0.25) is 9.59 Å². The van der Waals surface area contributed by atoms with Gasteiger partial charge in [0.2, 0.25) is 5.91 Å². The molecule has 2 amide bonds. The summed E-state index contributed by atoms with van der Waals surface area (Å²) in [4.78, 5) is 27.7. The quantitative estimate of drug-likeness (QED) is 0.657. The lowest BCUT2D eigenvalue weighted by atomic mass is 10.1. The van der Waals surface area contributed by atoms with Gasteiger partial charge in [-0.2, -0.15) is 0 Å². The van der Waals surface area contributed by atoms with Crippen molar-refractivity contribution in [1.29, 1.82) is 0 Å². The van der Waals surface area contributed by atoms with E-state index < -0.39 is 6.04 Å². The number of nitrogens with zero attached hydrogens (tertiary/aromatic N) is 1. The summed E-state index contributed by atoms with van der Waals surface area (Å²) in [6.07, 6.45) is 0.500. The van der Waals surface area contributed by atoms with Crippen LogP contribution in [-0.2, 0) is 16.1 Å². The molecule has 0 radical (unpaired) electrons. The highest BCUT2D eigenvalue weighted by Gasteiger charge is 2.30. The van der Waals surface area contributed by atoms with Crippen LogP contribution in [0.4, 0.5) is 0 Å². The number of ether oxygens (including phenoxy) is 1. The van der Waals surface area contributed by atoms with Crippen LogP contribution in [0.3, 0.4) is 0 Å². The predicted molar refractivity (Wildman–Crippen MR) is 121 cm³/mol. The van der Waals surface area contributed by atoms with Crippen molar-refractivity contribution in [3.8, 4) is 5.75 Å². The van der Waals surface area contributed by atoms with Gasteiger partial charge >= 0.3 is 0 Å². The second-order valence-electron chi connectivity index (χ2n) is 8.41. The van der Waals surface area contributed by atoms with Crippen LogP contribution in [0.5, 0.6) is 5.75 Å². The monoisotopic (exact) mass is 430 g/mol. The average molecular weight is 431 g/mol. The molecule has 0 aliphatic rings. The summed E-state index contributed by atoms with van der Waals surface area (Å²) in [6, 6.07) is 14.2. The first-order valence-electron chi connectivity index (χ1n) is 10.1. The highest BCUT2D eigenvalue weighted by atomic mass is 35.5. The Bertz CT molecular complexity index is 842. The zero-order valence-electron chi connectivity index (χ0n) is 18.4. The molecule has 0 unspecified atom stereocenters. The normalized spacial score (nSPS) is 12.2. The van der Waals surface area contributed by atoms with Crippen molar-refractivity contribution in [3.05, 3.63) is 64.7 Å². The number of rotatable bonds is 8. The SMILES string of the molecule is CC[C@@H](C(=O)NC(C)(C)C)N(Cc1ccc(C)cc1)C(=O)COc1ccc(Cl)cc1. The van der Waals surface area contributed by atoms with Crippen LogP contribution in [0.2, 0.25) is 5.02 Å². The van der Waals surface area contributed by atoms with Crippen molar-refractivity contribution in [2.75, 3.05) is 6.61 Å². The van der Waals surface area contributed by atoms with E-state index in [4.69, 9.17) is 16.3 Å². The van der Waals surface area contributed by atoms with Crippen LogP contribution in [0.25, 0.3) is 0 Å². The van der Waals surface area contributed by atoms with E-state index in [9.17, 15) is 9.59 Å². The average Bonchev–Trinajstić information content (AvgIpc) is 2.67. The summed E-state index contributed by atoms with van der Waals surface area (Å²) < 4.78 is 5.65. The second kappa shape index (κ2) is 10.5. The Morgan fingerprint density at radius 2 is 1.67 bits per heavy atom. The molecule has 6 heteroatoms. The minimum atomic E-state index is -0.591. The third kappa shape index (κ3) is 7.38. The van der Waals surface area contributed by atoms with Crippen molar-refractivity contribution in [1.82, 2.24) is 10.2 Å². The molecular weight excluding hydrogens is 400 g/mol. The summed E-state index contributed by atoms with van der Waals surface area (Å²) in [5.41, 5.74) is 1.71. The first kappa shape index (κ1) is 23.7. The molecule has 30 heavy (non-hydrogen) atoms. The van der Waals surface area contributed by atoms with Gasteiger partial charge in [0.15, 0.2) is 6.61 Å². The molecule has 2 aromatic carbocycles. The van der Waals surface area contributed by atoms with Crippen LogP contribution in [0.1, 0.15) is 45.2 Å². The molecule has 1 atom stereocenters. The van der Waals surface area contributed by atoms with Crippen LogP contribution >= 0.6 is 11.6 Å². The molecule has 0 saturated carbocycles. The van der Waals surface area contributed by atoms with Gasteiger partial charge in [-0.25, -0.2) is 0 Å². The Labute approximate surface area is 184 Å². The molecule has 2 aromatic rings. The van der Waals surface area contributed by atoms with Crippen LogP contribution in [0.15, 0.2) is 48.5 Å². The second-order valence-corrected chi connectivity index (χ2v) is 8.85. The van der Waals surface area contributed by atoms with Gasteiger partial charge < -0.3 is 15.0 Å². The van der Waals surface area contributed by atoms with Gasteiger partial charge in [-0.15, -0.1) is 0 Å². The lowest BCUT2D eigenvalue weighted by Crippen LogP contribution is -2.54. The van der Waals surface area contributed by atoms with Gasteiger partial charge in [0.05, 0.1) is 0 Å². The minimum absolute atomic E-state index is 0.160. The van der Waals surface area contributed by atoms with E-state index in [1.54, 1.807) is 29.2 Å². The number of amides is 2. The fourth-order valence-electron chi connectivity index (χ4n) is 3.02. The molecule has 0 bridgehead atoms. The van der Waals surface area contributed by atoms with Crippen molar-refractivity contribution in [2.45, 2.75) is 59.2 Å². The summed E-state index contributed by atoms with van der Waals surface area (Å²) in [5, 5.41) is 3.59. The number of hydrogen-bond donors (Lipinski definition) is 1. The van der Waals surface area contributed by atoms with E-state index >= 15 is 0 Å². The standard InChI is InChI=1S/C24H31ClN2O3/c1-6-21(23(29)26-24(3,4)5)27(15-18-9-7-17(2)8-10-18)22(28)16-30-20-13-11-19(25)12-14-20/h7-14,21H,6,15-16H2,1-5H3,(H,26,29)/t21-/m0/s1. The van der Waals surface area contributed by atoms with Crippen molar-refractivity contribution in [3.63, 3.8) is 0 Å². The zero-order chi connectivity index (χ0) is 22.3. The number of aryl methyl sites for hydroxylation is 1. The van der Waals surface area contributed by atoms with Gasteiger partial charge in [-0.05, 0) is 63.9 Å². The Hall–Kier alpha value is -2.53. The first-order valence-corrected chi connectivity index (χ1v) is 10.5. The Morgan fingerprint density at radius 3 is 2.20 bits per heavy atom. The number of nitrogens with one attached hydrogen (secondary N) is 1. The molecule has 1 N–H and O–H groups in total. The van der Waals surface area contributed by atoms with Gasteiger partial charge in [0.1, 0.15) is 11.8 Å². The number of benzene rings is 2. The molecule has 162 valence electrons. The van der Waals surface area contributed by atoms with Crippen LogP contribution in [-0.4, -0.2) is 34.9 Å². The summed E-state index contributed by atoms with van der Waals surface area (Å²) in [5.74, 6) is 0.133. The lowest BCUT2D eigenvalue weighted by molar-refractivity contribution is -0.143. The topological polar surface area (TPSA) is 58.6 Å². The molecule has 0 fully saturated rings. The molecule has 0 spiro atoms. The van der Waals surface area contributed by atoms with E-state index in [0.717, 1.165) is 11.1 Å².